The topological polar surface area (TPSA) is 88.8 Å². The van der Waals surface area contributed by atoms with Gasteiger partial charge in [0.05, 0.1) is 32.8 Å². The lowest BCUT2D eigenvalue weighted by Gasteiger charge is -2.32. The Morgan fingerprint density at radius 1 is 1.16 bits per heavy atom. The lowest BCUT2D eigenvalue weighted by molar-refractivity contribution is -0.894. The Kier molecular flexibility index (Phi) is 10.9. The molecule has 2 aromatic carbocycles. The first-order chi connectivity index (χ1) is 17.8. The summed E-state index contributed by atoms with van der Waals surface area (Å²) < 4.78 is 16.9. The third-order valence-corrected chi connectivity index (χ3v) is 6.89. The summed E-state index contributed by atoms with van der Waals surface area (Å²) in [4.78, 5) is 11.9. The number of esters is 1. The minimum atomic E-state index is -0.661. The lowest BCUT2D eigenvalue weighted by Crippen LogP contribution is -2.48. The van der Waals surface area contributed by atoms with Gasteiger partial charge in [-0.3, -0.25) is 4.79 Å². The van der Waals surface area contributed by atoms with E-state index >= 15 is 0 Å². The molecule has 0 fully saturated rings. The van der Waals surface area contributed by atoms with Crippen molar-refractivity contribution in [1.29, 1.82) is 5.26 Å². The minimum Gasteiger partial charge on any atom is -0.489 e. The van der Waals surface area contributed by atoms with Gasteiger partial charge in [-0.25, -0.2) is 0 Å². The van der Waals surface area contributed by atoms with E-state index in [1.165, 1.54) is 11.1 Å². The fourth-order valence-electron chi connectivity index (χ4n) is 4.90. The number of aliphatic hydroxyl groups excluding tert-OH is 1. The molecule has 0 saturated carbocycles. The van der Waals surface area contributed by atoms with Crippen LogP contribution < -0.4 is 4.74 Å². The summed E-state index contributed by atoms with van der Waals surface area (Å²) in [5, 5.41) is 20.2. The molecule has 0 bridgehead atoms. The van der Waals surface area contributed by atoms with Crippen LogP contribution in [0.15, 0.2) is 42.5 Å². The highest BCUT2D eigenvalue weighted by Gasteiger charge is 2.26. The van der Waals surface area contributed by atoms with E-state index in [4.69, 9.17) is 14.2 Å². The summed E-state index contributed by atoms with van der Waals surface area (Å²) in [7, 11) is 4.28. The summed E-state index contributed by atoms with van der Waals surface area (Å²) >= 11 is 0. The molecule has 1 N–H and O–H groups in total. The van der Waals surface area contributed by atoms with Gasteiger partial charge in [0.15, 0.2) is 0 Å². The average molecular weight is 510 g/mol. The molecule has 0 radical (unpaired) electrons. The Morgan fingerprint density at radius 2 is 1.89 bits per heavy atom. The van der Waals surface area contributed by atoms with Crippen molar-refractivity contribution in [3.8, 4) is 11.8 Å². The van der Waals surface area contributed by atoms with Crippen molar-refractivity contribution in [2.75, 3.05) is 53.6 Å². The summed E-state index contributed by atoms with van der Waals surface area (Å²) in [5.41, 5.74) is 4.23. The molecular weight excluding hydrogens is 468 g/mol. The Hall–Kier alpha value is -2.92. The van der Waals surface area contributed by atoms with E-state index in [1.54, 1.807) is 12.1 Å². The van der Waals surface area contributed by atoms with Gasteiger partial charge in [0.1, 0.15) is 37.7 Å². The number of nitrogens with zero attached hydrogens (tertiary/aromatic N) is 2. The van der Waals surface area contributed by atoms with Crippen LogP contribution in [-0.2, 0) is 33.5 Å². The Labute approximate surface area is 221 Å². The van der Waals surface area contributed by atoms with Crippen LogP contribution in [0.1, 0.15) is 42.0 Å². The average Bonchev–Trinajstić information content (AvgIpc) is 3.31. The van der Waals surface area contributed by atoms with Crippen LogP contribution in [0.3, 0.4) is 0 Å². The normalized spacial score (nSPS) is 14.1. The van der Waals surface area contributed by atoms with Gasteiger partial charge >= 0.3 is 5.97 Å². The summed E-state index contributed by atoms with van der Waals surface area (Å²) in [6, 6.07) is 16.1. The molecule has 7 heteroatoms. The van der Waals surface area contributed by atoms with Crippen molar-refractivity contribution in [2.45, 2.75) is 45.1 Å². The first-order valence-corrected chi connectivity index (χ1v) is 13.3. The molecule has 200 valence electrons. The van der Waals surface area contributed by atoms with Crippen LogP contribution in [0.2, 0.25) is 0 Å². The van der Waals surface area contributed by atoms with Crippen LogP contribution >= 0.6 is 0 Å². The second kappa shape index (κ2) is 14.1. The highest BCUT2D eigenvalue weighted by molar-refractivity contribution is 5.69. The maximum absolute atomic E-state index is 11.9. The van der Waals surface area contributed by atoms with Gasteiger partial charge in [0, 0.05) is 19.4 Å². The maximum atomic E-state index is 11.9. The maximum Gasteiger partial charge on any atom is 0.306 e. The van der Waals surface area contributed by atoms with Crippen LogP contribution in [-0.4, -0.2) is 75.3 Å². The van der Waals surface area contributed by atoms with E-state index in [-0.39, 0.29) is 25.6 Å². The Bertz CT molecular complexity index is 1040. The van der Waals surface area contributed by atoms with Crippen LogP contribution in [0, 0.1) is 17.2 Å². The number of likely N-dealkylation sites (N-methyl/N-ethyl adjacent to an activating group) is 1. The van der Waals surface area contributed by atoms with Crippen molar-refractivity contribution in [1.82, 2.24) is 0 Å². The molecule has 0 spiro atoms. The number of aryl methyl sites for hydroxylation is 1. The van der Waals surface area contributed by atoms with Crippen molar-refractivity contribution in [3.05, 3.63) is 64.7 Å². The van der Waals surface area contributed by atoms with Gasteiger partial charge in [0.2, 0.25) is 0 Å². The van der Waals surface area contributed by atoms with Crippen molar-refractivity contribution < 1.29 is 28.6 Å². The first-order valence-electron chi connectivity index (χ1n) is 13.3. The fourth-order valence-corrected chi connectivity index (χ4v) is 4.90. The minimum absolute atomic E-state index is 0.105. The molecule has 7 nitrogen and oxygen atoms in total. The third kappa shape index (κ3) is 9.47. The van der Waals surface area contributed by atoms with Crippen LogP contribution in [0.25, 0.3) is 0 Å². The lowest BCUT2D eigenvalue weighted by atomic mass is 10.0. The fraction of sp³-hybridized carbons (Fsp3) is 0.533. The zero-order chi connectivity index (χ0) is 26.7. The zero-order valence-electron chi connectivity index (χ0n) is 22.4. The smallest absolute Gasteiger partial charge is 0.306 e. The second-order valence-electron chi connectivity index (χ2n) is 10.5. The number of hydrogen-bond acceptors (Lipinski definition) is 6. The number of carbonyl (C=O) groups is 1. The first kappa shape index (κ1) is 28.6. The van der Waals surface area contributed by atoms with Crippen LogP contribution in [0.4, 0.5) is 0 Å². The van der Waals surface area contributed by atoms with E-state index in [2.05, 4.69) is 44.4 Å². The highest BCUT2D eigenvalue weighted by atomic mass is 16.6. The predicted molar refractivity (Wildman–Crippen MR) is 142 cm³/mol. The molecule has 1 aliphatic carbocycles. The molecule has 37 heavy (non-hydrogen) atoms. The van der Waals surface area contributed by atoms with Gasteiger partial charge in [-0.1, -0.05) is 30.3 Å². The van der Waals surface area contributed by atoms with E-state index in [0.717, 1.165) is 31.4 Å². The molecule has 3 rings (SSSR count). The van der Waals surface area contributed by atoms with E-state index in [0.29, 0.717) is 47.9 Å². The van der Waals surface area contributed by atoms with Crippen molar-refractivity contribution in [3.63, 3.8) is 0 Å². The molecule has 1 aliphatic rings. The van der Waals surface area contributed by atoms with Crippen molar-refractivity contribution >= 4 is 5.97 Å². The summed E-state index contributed by atoms with van der Waals surface area (Å²) in [6.07, 6.45) is 3.45. The summed E-state index contributed by atoms with van der Waals surface area (Å²) in [5.74, 6) is 0.798. The highest BCUT2D eigenvalue weighted by Crippen LogP contribution is 2.29. The van der Waals surface area contributed by atoms with Gasteiger partial charge in [-0.2, -0.15) is 5.26 Å². The van der Waals surface area contributed by atoms with Gasteiger partial charge in [-0.05, 0) is 60.9 Å². The van der Waals surface area contributed by atoms with Crippen LogP contribution in [0.5, 0.6) is 5.75 Å². The molecule has 0 saturated heterocycles. The number of carbonyl (C=O) groups excluding carboxylic acids is 1. The standard InChI is InChI=1S/C30H41N2O5/c1-4-35-15-16-36-30(34)12-10-23-9-11-27(20-31)29(19-23)37-22-28(33)21-32(2,3)14-13-24-17-25-7-5-6-8-26(25)18-24/h5-9,11,19,24,28,33H,4,10,12-18,21-22H2,1-3H3/q+1/t28-/m1/s1. The number of ether oxygens (including phenoxy) is 3. The monoisotopic (exact) mass is 509 g/mol. The molecule has 2 aromatic rings. The molecule has 0 aromatic heterocycles. The van der Waals surface area contributed by atoms with Crippen molar-refractivity contribution in [2.24, 2.45) is 5.92 Å². The number of aliphatic hydroxyl groups is 1. The van der Waals surface area contributed by atoms with E-state index in [9.17, 15) is 15.2 Å². The number of fused-ring (bicyclic) bond motifs is 1. The molecule has 0 heterocycles. The van der Waals surface area contributed by atoms with E-state index in [1.807, 2.05) is 13.0 Å². The Morgan fingerprint density at radius 3 is 2.57 bits per heavy atom. The molecule has 0 amide bonds. The molecular formula is C30H41N2O5+. The second-order valence-corrected chi connectivity index (χ2v) is 10.5. The number of benzene rings is 2. The Balaban J connectivity index is 1.44. The third-order valence-electron chi connectivity index (χ3n) is 6.89. The number of hydrogen-bond donors (Lipinski definition) is 1. The summed E-state index contributed by atoms with van der Waals surface area (Å²) in [6.45, 7) is 4.77. The van der Waals surface area contributed by atoms with Gasteiger partial charge in [0.25, 0.3) is 0 Å². The van der Waals surface area contributed by atoms with Gasteiger partial charge < -0.3 is 23.8 Å². The molecule has 0 unspecified atom stereocenters. The quantitative estimate of drug-likeness (QED) is 0.224. The van der Waals surface area contributed by atoms with E-state index < -0.39 is 6.10 Å². The largest absolute Gasteiger partial charge is 0.489 e. The zero-order valence-corrected chi connectivity index (χ0v) is 22.4. The number of rotatable bonds is 15. The predicted octanol–water partition coefficient (Wildman–Crippen LogP) is 3.69. The van der Waals surface area contributed by atoms with Gasteiger partial charge in [-0.15, -0.1) is 0 Å². The number of quaternary nitrogens is 1. The molecule has 1 atom stereocenters. The SMILES string of the molecule is CCOCCOC(=O)CCc1ccc(C#N)c(OC[C@H](O)C[N+](C)(C)CCC2Cc3ccccc3C2)c1. The molecule has 0 aliphatic heterocycles. The number of nitriles is 1.